The lowest BCUT2D eigenvalue weighted by Gasteiger charge is -2.12. The highest BCUT2D eigenvalue weighted by atomic mass is 32.1. The fourth-order valence-corrected chi connectivity index (χ4v) is 2.08. The standard InChI is InChI=1S/C17H17FN4O2S/c1-11-3-2-4-12(9-11)16(24)19-10-15(23)21-22-17(25)20-14-7-5-13(18)6-8-14/h2-9H,10H2,1H3,(H,19,24)(H,21,23)(H2,20,22,25). The molecule has 2 rings (SSSR count). The average molecular weight is 360 g/mol. The van der Waals surface area contributed by atoms with Crippen molar-refractivity contribution in [3.05, 3.63) is 65.5 Å². The maximum Gasteiger partial charge on any atom is 0.257 e. The van der Waals surface area contributed by atoms with Crippen LogP contribution in [-0.4, -0.2) is 23.5 Å². The van der Waals surface area contributed by atoms with Gasteiger partial charge in [0.15, 0.2) is 5.11 Å². The van der Waals surface area contributed by atoms with Crippen LogP contribution < -0.4 is 21.5 Å². The van der Waals surface area contributed by atoms with E-state index in [1.807, 2.05) is 13.0 Å². The highest BCUT2D eigenvalue weighted by Crippen LogP contribution is 2.07. The van der Waals surface area contributed by atoms with E-state index in [4.69, 9.17) is 12.2 Å². The number of thiocarbonyl (C=S) groups is 1. The molecule has 2 amide bonds. The first-order valence-corrected chi connectivity index (χ1v) is 7.81. The number of carbonyl (C=O) groups is 2. The lowest BCUT2D eigenvalue weighted by molar-refractivity contribution is -0.120. The topological polar surface area (TPSA) is 82.3 Å². The van der Waals surface area contributed by atoms with Gasteiger partial charge in [0, 0.05) is 11.3 Å². The smallest absolute Gasteiger partial charge is 0.257 e. The van der Waals surface area contributed by atoms with Crippen LogP contribution in [0.4, 0.5) is 10.1 Å². The molecule has 0 atom stereocenters. The molecule has 0 bridgehead atoms. The van der Waals surface area contributed by atoms with E-state index in [0.717, 1.165) is 5.56 Å². The third kappa shape index (κ3) is 6.19. The molecular formula is C17H17FN4O2S. The molecule has 0 fully saturated rings. The predicted octanol–water partition coefficient (Wildman–Crippen LogP) is 1.88. The number of amides is 2. The fourth-order valence-electron chi connectivity index (χ4n) is 1.92. The molecule has 0 heterocycles. The van der Waals surface area contributed by atoms with Gasteiger partial charge in [0.1, 0.15) is 5.82 Å². The van der Waals surface area contributed by atoms with E-state index in [0.29, 0.717) is 11.3 Å². The van der Waals surface area contributed by atoms with Crippen molar-refractivity contribution in [3.63, 3.8) is 0 Å². The van der Waals surface area contributed by atoms with E-state index in [1.165, 1.54) is 24.3 Å². The van der Waals surface area contributed by atoms with E-state index in [9.17, 15) is 14.0 Å². The Hall–Kier alpha value is -3.00. The molecule has 0 unspecified atom stereocenters. The Labute approximate surface area is 149 Å². The first-order valence-electron chi connectivity index (χ1n) is 7.40. The Morgan fingerprint density at radius 3 is 2.48 bits per heavy atom. The van der Waals surface area contributed by atoms with Crippen LogP contribution >= 0.6 is 12.2 Å². The van der Waals surface area contributed by atoms with Crippen LogP contribution in [-0.2, 0) is 4.79 Å². The summed E-state index contributed by atoms with van der Waals surface area (Å²) in [6.07, 6.45) is 0. The van der Waals surface area contributed by atoms with Gasteiger partial charge in [-0.05, 0) is 55.5 Å². The quantitative estimate of drug-likeness (QED) is 0.494. The number of rotatable bonds is 4. The molecule has 0 saturated heterocycles. The van der Waals surface area contributed by atoms with Gasteiger partial charge in [-0.1, -0.05) is 17.7 Å². The summed E-state index contributed by atoms with van der Waals surface area (Å²) in [5.74, 6) is -1.17. The van der Waals surface area contributed by atoms with Crippen LogP contribution in [0.1, 0.15) is 15.9 Å². The Kier molecular flexibility index (Phi) is 6.41. The number of hydrogen-bond acceptors (Lipinski definition) is 3. The summed E-state index contributed by atoms with van der Waals surface area (Å²) in [6.45, 7) is 1.67. The minimum Gasteiger partial charge on any atom is -0.343 e. The molecule has 130 valence electrons. The molecule has 0 aliphatic rings. The van der Waals surface area contributed by atoms with Crippen molar-refractivity contribution in [1.82, 2.24) is 16.2 Å². The number of aryl methyl sites for hydroxylation is 1. The van der Waals surface area contributed by atoms with Gasteiger partial charge in [0.05, 0.1) is 6.54 Å². The molecule has 2 aromatic rings. The summed E-state index contributed by atoms with van der Waals surface area (Å²) >= 11 is 5.00. The molecular weight excluding hydrogens is 343 g/mol. The van der Waals surface area contributed by atoms with Crippen molar-refractivity contribution in [2.24, 2.45) is 0 Å². The number of halogens is 1. The number of nitrogens with one attached hydrogen (secondary N) is 4. The summed E-state index contributed by atoms with van der Waals surface area (Å²) in [5, 5.41) is 5.41. The van der Waals surface area contributed by atoms with Gasteiger partial charge in [-0.25, -0.2) is 4.39 Å². The monoisotopic (exact) mass is 360 g/mol. The molecule has 0 aromatic heterocycles. The number of hydrazine groups is 1. The van der Waals surface area contributed by atoms with E-state index in [-0.39, 0.29) is 23.4 Å². The highest BCUT2D eigenvalue weighted by Gasteiger charge is 2.08. The number of carbonyl (C=O) groups excluding carboxylic acids is 2. The Morgan fingerprint density at radius 1 is 1.08 bits per heavy atom. The fraction of sp³-hybridized carbons (Fsp3) is 0.118. The Balaban J connectivity index is 1.72. The number of hydrogen-bond donors (Lipinski definition) is 4. The first-order chi connectivity index (χ1) is 11.9. The van der Waals surface area contributed by atoms with Gasteiger partial charge in [-0.2, -0.15) is 0 Å². The van der Waals surface area contributed by atoms with Crippen molar-refractivity contribution in [2.75, 3.05) is 11.9 Å². The molecule has 6 nitrogen and oxygen atoms in total. The lowest BCUT2D eigenvalue weighted by atomic mass is 10.1. The maximum absolute atomic E-state index is 12.8. The molecule has 8 heteroatoms. The molecule has 0 saturated carbocycles. The van der Waals surface area contributed by atoms with Gasteiger partial charge >= 0.3 is 0 Å². The molecule has 0 aliphatic carbocycles. The Morgan fingerprint density at radius 2 is 1.80 bits per heavy atom. The van der Waals surface area contributed by atoms with Gasteiger partial charge in [-0.3, -0.25) is 20.4 Å². The van der Waals surface area contributed by atoms with Crippen LogP contribution in [0.2, 0.25) is 0 Å². The van der Waals surface area contributed by atoms with Gasteiger partial charge in [-0.15, -0.1) is 0 Å². The van der Waals surface area contributed by atoms with Crippen LogP contribution in [0.3, 0.4) is 0 Å². The average Bonchev–Trinajstić information content (AvgIpc) is 2.60. The van der Waals surface area contributed by atoms with Crippen molar-refractivity contribution in [1.29, 1.82) is 0 Å². The van der Waals surface area contributed by atoms with Crippen LogP contribution in [0.5, 0.6) is 0 Å². The largest absolute Gasteiger partial charge is 0.343 e. The molecule has 0 radical (unpaired) electrons. The lowest BCUT2D eigenvalue weighted by Crippen LogP contribution is -2.47. The Bertz CT molecular complexity index is 780. The van der Waals surface area contributed by atoms with Gasteiger partial charge < -0.3 is 10.6 Å². The predicted molar refractivity (Wildman–Crippen MR) is 97.4 cm³/mol. The van der Waals surface area contributed by atoms with Crippen LogP contribution in [0.15, 0.2) is 48.5 Å². The minimum absolute atomic E-state index is 0.130. The third-order valence-electron chi connectivity index (χ3n) is 3.11. The summed E-state index contributed by atoms with van der Waals surface area (Å²) in [7, 11) is 0. The maximum atomic E-state index is 12.8. The van der Waals surface area contributed by atoms with Crippen molar-refractivity contribution < 1.29 is 14.0 Å². The molecule has 2 aromatic carbocycles. The zero-order valence-electron chi connectivity index (χ0n) is 13.4. The van der Waals surface area contributed by atoms with Crippen molar-refractivity contribution in [3.8, 4) is 0 Å². The molecule has 25 heavy (non-hydrogen) atoms. The zero-order valence-corrected chi connectivity index (χ0v) is 14.2. The van der Waals surface area contributed by atoms with Crippen molar-refractivity contribution in [2.45, 2.75) is 6.92 Å². The van der Waals surface area contributed by atoms with Gasteiger partial charge in [0.2, 0.25) is 0 Å². The minimum atomic E-state index is -0.468. The zero-order chi connectivity index (χ0) is 18.2. The van der Waals surface area contributed by atoms with E-state index in [2.05, 4.69) is 21.5 Å². The normalized spacial score (nSPS) is 9.84. The second-order valence-corrected chi connectivity index (χ2v) is 5.59. The molecule has 0 spiro atoms. The second kappa shape index (κ2) is 8.74. The number of anilines is 1. The van der Waals surface area contributed by atoms with E-state index >= 15 is 0 Å². The molecule has 0 aliphatic heterocycles. The van der Waals surface area contributed by atoms with E-state index in [1.54, 1.807) is 18.2 Å². The SMILES string of the molecule is Cc1cccc(C(=O)NCC(=O)NNC(=S)Nc2ccc(F)cc2)c1. The number of benzene rings is 2. The summed E-state index contributed by atoms with van der Waals surface area (Å²) in [6, 6.07) is 12.6. The summed E-state index contributed by atoms with van der Waals surface area (Å²) in [5.41, 5.74) is 6.85. The van der Waals surface area contributed by atoms with Crippen LogP contribution in [0, 0.1) is 12.7 Å². The van der Waals surface area contributed by atoms with Crippen molar-refractivity contribution >= 4 is 34.8 Å². The molecule has 4 N–H and O–H groups in total. The highest BCUT2D eigenvalue weighted by molar-refractivity contribution is 7.80. The van der Waals surface area contributed by atoms with Gasteiger partial charge in [0.25, 0.3) is 11.8 Å². The van der Waals surface area contributed by atoms with Crippen LogP contribution in [0.25, 0.3) is 0 Å². The third-order valence-corrected chi connectivity index (χ3v) is 3.31. The second-order valence-electron chi connectivity index (χ2n) is 5.19. The van der Waals surface area contributed by atoms with E-state index < -0.39 is 5.91 Å². The first kappa shape index (κ1) is 18.3. The summed E-state index contributed by atoms with van der Waals surface area (Å²) < 4.78 is 12.8. The summed E-state index contributed by atoms with van der Waals surface area (Å²) in [4.78, 5) is 23.6.